The number of pyridine rings is 1. The van der Waals surface area contributed by atoms with Gasteiger partial charge in [0.1, 0.15) is 0 Å². The molecule has 0 saturated heterocycles. The highest BCUT2D eigenvalue weighted by molar-refractivity contribution is 7.13. The molecule has 3 aromatic rings. The van der Waals surface area contributed by atoms with Crippen LogP contribution in [0.15, 0.2) is 46.6 Å². The number of benzene rings is 1. The van der Waals surface area contributed by atoms with Crippen molar-refractivity contribution in [3.63, 3.8) is 0 Å². The van der Waals surface area contributed by atoms with Crippen molar-refractivity contribution in [3.8, 4) is 10.4 Å². The molecule has 0 saturated carbocycles. The highest BCUT2D eigenvalue weighted by atomic mass is 32.1. The number of aromatic nitrogens is 1. The van der Waals surface area contributed by atoms with Gasteiger partial charge in [0.05, 0.1) is 0 Å². The van der Waals surface area contributed by atoms with Gasteiger partial charge in [-0.3, -0.25) is 4.79 Å². The molecular weight excluding hydrogens is 292 g/mol. The largest absolute Gasteiger partial charge is 0.325 e. The first-order valence-electron chi connectivity index (χ1n) is 7.51. The Morgan fingerprint density at radius 1 is 1.14 bits per heavy atom. The highest BCUT2D eigenvalue weighted by Gasteiger charge is 2.17. The van der Waals surface area contributed by atoms with Crippen molar-refractivity contribution in [2.24, 2.45) is 11.7 Å². The van der Waals surface area contributed by atoms with E-state index in [1.54, 1.807) is 11.3 Å². The average Bonchev–Trinajstić information content (AvgIpc) is 3.03. The van der Waals surface area contributed by atoms with Crippen molar-refractivity contribution >= 4 is 22.1 Å². The molecule has 0 aliphatic rings. The quantitative estimate of drug-likeness (QED) is 0.795. The molecule has 0 amide bonds. The number of hydrogen-bond donors (Lipinski definition) is 1. The summed E-state index contributed by atoms with van der Waals surface area (Å²) in [6, 6.07) is 12.0. The van der Waals surface area contributed by atoms with Gasteiger partial charge in [0.25, 0.3) is 5.56 Å². The molecule has 0 aliphatic carbocycles. The van der Waals surface area contributed by atoms with Crippen molar-refractivity contribution in [2.45, 2.75) is 26.9 Å². The minimum Gasteiger partial charge on any atom is -0.325 e. The van der Waals surface area contributed by atoms with E-state index in [1.807, 2.05) is 34.9 Å². The zero-order valence-corrected chi connectivity index (χ0v) is 13.7. The monoisotopic (exact) mass is 312 g/mol. The van der Waals surface area contributed by atoms with Gasteiger partial charge < -0.3 is 10.3 Å². The summed E-state index contributed by atoms with van der Waals surface area (Å²) in [7, 11) is 0. The van der Waals surface area contributed by atoms with Crippen LogP contribution in [0.5, 0.6) is 0 Å². The van der Waals surface area contributed by atoms with Gasteiger partial charge in [0.15, 0.2) is 0 Å². The fourth-order valence-corrected chi connectivity index (χ4v) is 3.72. The first kappa shape index (κ1) is 15.0. The molecule has 114 valence electrons. The summed E-state index contributed by atoms with van der Waals surface area (Å²) >= 11 is 1.68. The third-order valence-corrected chi connectivity index (χ3v) is 4.68. The summed E-state index contributed by atoms with van der Waals surface area (Å²) in [4.78, 5) is 14.0. The van der Waals surface area contributed by atoms with Gasteiger partial charge in [-0.25, -0.2) is 0 Å². The molecule has 2 aromatic heterocycles. The maximum Gasteiger partial charge on any atom is 0.258 e. The number of hydrogen-bond acceptors (Lipinski definition) is 3. The fourth-order valence-electron chi connectivity index (χ4n) is 2.91. The molecule has 0 bridgehead atoms. The zero-order valence-electron chi connectivity index (χ0n) is 12.9. The van der Waals surface area contributed by atoms with Crippen molar-refractivity contribution in [1.29, 1.82) is 0 Å². The van der Waals surface area contributed by atoms with Gasteiger partial charge in [-0.05, 0) is 28.8 Å². The topological polar surface area (TPSA) is 48.0 Å². The fraction of sp³-hybridized carbons (Fsp3) is 0.278. The number of fused-ring (bicyclic) bond motifs is 1. The molecule has 1 aromatic carbocycles. The maximum absolute atomic E-state index is 12.9. The molecule has 2 N–H and O–H groups in total. The van der Waals surface area contributed by atoms with Crippen LogP contribution in [0.2, 0.25) is 0 Å². The van der Waals surface area contributed by atoms with E-state index in [2.05, 4.69) is 25.3 Å². The van der Waals surface area contributed by atoms with Crippen LogP contribution in [-0.4, -0.2) is 4.57 Å². The number of nitrogens with zero attached hydrogens (tertiary/aromatic N) is 1. The molecule has 0 radical (unpaired) electrons. The van der Waals surface area contributed by atoms with Crippen molar-refractivity contribution in [2.75, 3.05) is 0 Å². The second-order valence-corrected chi connectivity index (χ2v) is 6.81. The smallest absolute Gasteiger partial charge is 0.258 e. The minimum atomic E-state index is 0.0602. The normalized spacial score (nSPS) is 11.5. The second-order valence-electron chi connectivity index (χ2n) is 5.86. The van der Waals surface area contributed by atoms with Crippen molar-refractivity contribution in [3.05, 3.63) is 57.8 Å². The molecule has 3 nitrogen and oxygen atoms in total. The first-order valence-corrected chi connectivity index (χ1v) is 8.39. The van der Waals surface area contributed by atoms with Crippen LogP contribution < -0.4 is 11.3 Å². The Bertz CT molecular complexity index is 847. The van der Waals surface area contributed by atoms with E-state index in [-0.39, 0.29) is 5.56 Å². The summed E-state index contributed by atoms with van der Waals surface area (Å²) < 4.78 is 1.86. The molecule has 3 rings (SSSR count). The molecule has 0 unspecified atom stereocenters. The lowest BCUT2D eigenvalue weighted by Gasteiger charge is -2.19. The third kappa shape index (κ3) is 2.49. The Labute approximate surface area is 134 Å². The Kier molecular flexibility index (Phi) is 4.14. The van der Waals surface area contributed by atoms with Gasteiger partial charge in [-0.15, -0.1) is 11.3 Å². The second kappa shape index (κ2) is 6.07. The van der Waals surface area contributed by atoms with Crippen LogP contribution in [0.1, 0.15) is 19.5 Å². The van der Waals surface area contributed by atoms with Gasteiger partial charge in [-0.2, -0.15) is 0 Å². The van der Waals surface area contributed by atoms with Crippen LogP contribution >= 0.6 is 11.3 Å². The van der Waals surface area contributed by atoms with Crippen molar-refractivity contribution in [1.82, 2.24) is 4.57 Å². The van der Waals surface area contributed by atoms with E-state index in [9.17, 15) is 4.79 Å². The summed E-state index contributed by atoms with van der Waals surface area (Å²) in [6.07, 6.45) is 0. The standard InChI is InChI=1S/C18H20N2OS/c1-12(2)11-20-15(10-19)17(16-8-5-9-22-16)13-6-3-4-7-14(13)18(20)21/h3-9,12H,10-11,19H2,1-2H3. The molecule has 0 aliphatic heterocycles. The molecule has 22 heavy (non-hydrogen) atoms. The Morgan fingerprint density at radius 2 is 1.86 bits per heavy atom. The summed E-state index contributed by atoms with van der Waals surface area (Å²) in [6.45, 7) is 5.29. The number of rotatable bonds is 4. The van der Waals surface area contributed by atoms with Crippen LogP contribution in [0, 0.1) is 5.92 Å². The van der Waals surface area contributed by atoms with E-state index in [1.165, 1.54) is 0 Å². The lowest BCUT2D eigenvalue weighted by Crippen LogP contribution is -2.28. The van der Waals surface area contributed by atoms with Gasteiger partial charge in [-0.1, -0.05) is 38.1 Å². The number of thiophene rings is 1. The predicted octanol–water partition coefficient (Wildman–Crippen LogP) is 3.84. The van der Waals surface area contributed by atoms with Gasteiger partial charge >= 0.3 is 0 Å². The van der Waals surface area contributed by atoms with Gasteiger partial charge in [0, 0.05) is 34.6 Å². The lowest BCUT2D eigenvalue weighted by atomic mass is 10.0. The van der Waals surface area contributed by atoms with Crippen LogP contribution in [-0.2, 0) is 13.1 Å². The Morgan fingerprint density at radius 3 is 2.45 bits per heavy atom. The summed E-state index contributed by atoms with van der Waals surface area (Å²) in [5.74, 6) is 0.389. The third-order valence-electron chi connectivity index (χ3n) is 3.80. The molecule has 4 heteroatoms. The highest BCUT2D eigenvalue weighted by Crippen LogP contribution is 2.33. The summed E-state index contributed by atoms with van der Waals surface area (Å²) in [5.41, 5.74) is 8.13. The van der Waals surface area contributed by atoms with Gasteiger partial charge in [0.2, 0.25) is 0 Å². The predicted molar refractivity (Wildman–Crippen MR) is 94.3 cm³/mol. The van der Waals surface area contributed by atoms with E-state index < -0.39 is 0 Å². The SMILES string of the molecule is CC(C)Cn1c(CN)c(-c2cccs2)c2ccccc2c1=O. The molecule has 0 atom stereocenters. The zero-order chi connectivity index (χ0) is 15.7. The Balaban J connectivity index is 2.45. The molecule has 2 heterocycles. The van der Waals surface area contributed by atoms with Crippen LogP contribution in [0.4, 0.5) is 0 Å². The van der Waals surface area contributed by atoms with Crippen molar-refractivity contribution < 1.29 is 0 Å². The average molecular weight is 312 g/mol. The molecule has 0 fully saturated rings. The lowest BCUT2D eigenvalue weighted by molar-refractivity contribution is 0.499. The first-order chi connectivity index (χ1) is 10.6. The minimum absolute atomic E-state index is 0.0602. The Hall–Kier alpha value is -1.91. The summed E-state index contributed by atoms with van der Waals surface area (Å²) in [5, 5.41) is 3.82. The number of nitrogens with two attached hydrogens (primary N) is 1. The maximum atomic E-state index is 12.9. The van der Waals surface area contributed by atoms with E-state index in [0.717, 1.165) is 26.9 Å². The molecule has 0 spiro atoms. The van der Waals surface area contributed by atoms with E-state index in [0.29, 0.717) is 19.0 Å². The van der Waals surface area contributed by atoms with Crippen LogP contribution in [0.3, 0.4) is 0 Å². The van der Waals surface area contributed by atoms with Crippen LogP contribution in [0.25, 0.3) is 21.2 Å². The molecular formula is C18H20N2OS. The van der Waals surface area contributed by atoms with E-state index >= 15 is 0 Å². The van der Waals surface area contributed by atoms with E-state index in [4.69, 9.17) is 5.73 Å².